The van der Waals surface area contributed by atoms with Gasteiger partial charge in [-0.05, 0) is 22.8 Å². The van der Waals surface area contributed by atoms with Crippen molar-refractivity contribution in [2.24, 2.45) is 0 Å². The van der Waals surface area contributed by atoms with E-state index in [9.17, 15) is 0 Å². The average molecular weight is 319 g/mol. The molecule has 2 aromatic rings. The van der Waals surface area contributed by atoms with E-state index in [1.807, 2.05) is 0 Å². The first-order valence-corrected chi connectivity index (χ1v) is 9.56. The molecule has 0 aromatic heterocycles. The zero-order chi connectivity index (χ0) is 12.6. The fourth-order valence-electron chi connectivity index (χ4n) is 2.14. The van der Waals surface area contributed by atoms with Gasteiger partial charge in [-0.3, -0.25) is 0 Å². The molecule has 0 spiro atoms. The molecule has 0 aliphatic carbocycles. The van der Waals surface area contributed by atoms with Crippen LogP contribution in [0.4, 0.5) is 0 Å². The van der Waals surface area contributed by atoms with Crippen LogP contribution in [0.1, 0.15) is 18.4 Å². The van der Waals surface area contributed by atoms with Crippen molar-refractivity contribution in [3.05, 3.63) is 53.7 Å². The first kappa shape index (κ1) is 13.6. The van der Waals surface area contributed by atoms with Gasteiger partial charge < -0.3 is 0 Å². The smallest absolute Gasteiger partial charge is 0.0454 e. The van der Waals surface area contributed by atoms with Crippen LogP contribution in [-0.4, -0.2) is 14.8 Å². The van der Waals surface area contributed by atoms with Crippen LogP contribution >= 0.6 is 15.9 Å². The minimum absolute atomic E-state index is 0.0205. The summed E-state index contributed by atoms with van der Waals surface area (Å²) in [5.41, 5.74) is 3.80. The summed E-state index contributed by atoms with van der Waals surface area (Å²) in [7, 11) is -0.0205. The second-order valence-electron chi connectivity index (χ2n) is 4.51. The van der Waals surface area contributed by atoms with Crippen molar-refractivity contribution in [3.63, 3.8) is 0 Å². The first-order chi connectivity index (χ1) is 8.92. The van der Waals surface area contributed by atoms with Crippen molar-refractivity contribution < 1.29 is 0 Å². The van der Waals surface area contributed by atoms with Crippen LogP contribution in [-0.2, 0) is 0 Å². The highest BCUT2D eigenvalue weighted by Crippen LogP contribution is 2.19. The summed E-state index contributed by atoms with van der Waals surface area (Å²) in [6.45, 7) is 0. The van der Waals surface area contributed by atoms with E-state index in [-0.39, 0.29) is 9.52 Å². The molecule has 0 fully saturated rings. The van der Waals surface area contributed by atoms with Gasteiger partial charge >= 0.3 is 0 Å². The summed E-state index contributed by atoms with van der Waals surface area (Å²) in [4.78, 5) is 0. The van der Waals surface area contributed by atoms with Crippen LogP contribution in [0.3, 0.4) is 0 Å². The minimum Gasteiger partial charge on any atom is -0.101 e. The highest BCUT2D eigenvalue weighted by Gasteiger charge is 1.95. The minimum atomic E-state index is -0.0205. The maximum Gasteiger partial charge on any atom is 0.0454 e. The lowest BCUT2D eigenvalue weighted by atomic mass is 10.1. The van der Waals surface area contributed by atoms with Crippen molar-refractivity contribution in [1.29, 1.82) is 0 Å². The number of fused-ring (bicyclic) bond motifs is 1. The Bertz CT molecular complexity index is 514. The van der Waals surface area contributed by atoms with Crippen LogP contribution in [0.15, 0.2) is 48.2 Å². The SMILES string of the molecule is BrCCCC[SiH2]C=Cc1cccc2ccccc12. The molecule has 0 amide bonds. The van der Waals surface area contributed by atoms with E-state index in [1.54, 1.807) is 0 Å². The van der Waals surface area contributed by atoms with E-state index in [0.717, 1.165) is 5.33 Å². The molecule has 0 saturated heterocycles. The van der Waals surface area contributed by atoms with Gasteiger partial charge in [0.1, 0.15) is 0 Å². The number of unbranched alkanes of at least 4 members (excludes halogenated alkanes) is 1. The lowest BCUT2D eigenvalue weighted by Gasteiger charge is -2.01. The van der Waals surface area contributed by atoms with Gasteiger partial charge in [0.15, 0.2) is 0 Å². The maximum atomic E-state index is 3.48. The van der Waals surface area contributed by atoms with Gasteiger partial charge in [-0.2, -0.15) is 0 Å². The average Bonchev–Trinajstić information content (AvgIpc) is 2.43. The Morgan fingerprint density at radius 1 is 1.00 bits per heavy atom. The molecule has 0 unspecified atom stereocenters. The second kappa shape index (κ2) is 7.55. The molecule has 2 aromatic carbocycles. The first-order valence-electron chi connectivity index (χ1n) is 6.62. The normalized spacial score (nSPS) is 12.1. The standard InChI is InChI=1S/C16H19BrSi/c17-11-3-4-12-18-13-10-15-8-5-7-14-6-1-2-9-16(14)15/h1-2,5-10,13H,3-4,11-12,18H2. The number of alkyl halides is 1. The van der Waals surface area contributed by atoms with Gasteiger partial charge in [-0.1, -0.05) is 76.9 Å². The third kappa shape index (κ3) is 3.82. The highest BCUT2D eigenvalue weighted by atomic mass is 79.9. The van der Waals surface area contributed by atoms with Crippen LogP contribution in [0, 0.1) is 0 Å². The van der Waals surface area contributed by atoms with Gasteiger partial charge in [0.2, 0.25) is 0 Å². The number of halogens is 1. The molecule has 0 N–H and O–H groups in total. The topological polar surface area (TPSA) is 0 Å². The Kier molecular flexibility index (Phi) is 5.69. The Morgan fingerprint density at radius 3 is 2.72 bits per heavy atom. The predicted molar refractivity (Wildman–Crippen MR) is 89.4 cm³/mol. The monoisotopic (exact) mass is 318 g/mol. The number of benzene rings is 2. The molecule has 18 heavy (non-hydrogen) atoms. The van der Waals surface area contributed by atoms with Gasteiger partial charge in [0.25, 0.3) is 0 Å². The molecule has 2 rings (SSSR count). The molecule has 0 aliphatic heterocycles. The van der Waals surface area contributed by atoms with Crippen LogP contribution < -0.4 is 0 Å². The molecule has 2 heteroatoms. The molecule has 0 aliphatic rings. The highest BCUT2D eigenvalue weighted by molar-refractivity contribution is 9.09. The Hall–Kier alpha value is -0.863. The number of hydrogen-bond donors (Lipinski definition) is 0. The third-order valence-corrected chi connectivity index (χ3v) is 5.16. The molecule has 94 valence electrons. The third-order valence-electron chi connectivity index (χ3n) is 3.13. The molecular weight excluding hydrogens is 300 g/mol. The summed E-state index contributed by atoms with van der Waals surface area (Å²) >= 11 is 3.48. The van der Waals surface area contributed by atoms with E-state index < -0.39 is 0 Å². The van der Waals surface area contributed by atoms with Gasteiger partial charge in [0, 0.05) is 14.8 Å². The summed E-state index contributed by atoms with van der Waals surface area (Å²) in [5, 5.41) is 3.85. The Balaban J connectivity index is 2.01. The van der Waals surface area contributed by atoms with Crippen LogP contribution in [0.5, 0.6) is 0 Å². The summed E-state index contributed by atoms with van der Waals surface area (Å²) in [6, 6.07) is 16.6. The molecule has 0 nitrogen and oxygen atoms in total. The lowest BCUT2D eigenvalue weighted by molar-refractivity contribution is 0.897. The molecule has 0 bridgehead atoms. The van der Waals surface area contributed by atoms with E-state index in [2.05, 4.69) is 70.2 Å². The molecule has 0 saturated carbocycles. The zero-order valence-electron chi connectivity index (χ0n) is 10.6. The zero-order valence-corrected chi connectivity index (χ0v) is 13.6. The number of rotatable bonds is 6. The molecule has 0 heterocycles. The van der Waals surface area contributed by atoms with Crippen LogP contribution in [0.2, 0.25) is 6.04 Å². The van der Waals surface area contributed by atoms with E-state index in [4.69, 9.17) is 0 Å². The van der Waals surface area contributed by atoms with Crippen molar-refractivity contribution >= 4 is 42.3 Å². The Labute approximate surface area is 120 Å². The maximum absolute atomic E-state index is 3.48. The van der Waals surface area contributed by atoms with Gasteiger partial charge in [-0.15, -0.1) is 5.70 Å². The summed E-state index contributed by atoms with van der Waals surface area (Å²) < 4.78 is 0. The summed E-state index contributed by atoms with van der Waals surface area (Å²) in [5.74, 6) is 0. The quantitative estimate of drug-likeness (QED) is 0.415. The Morgan fingerprint density at radius 2 is 1.83 bits per heavy atom. The van der Waals surface area contributed by atoms with Gasteiger partial charge in [-0.25, -0.2) is 0 Å². The van der Waals surface area contributed by atoms with E-state index in [0.29, 0.717) is 0 Å². The molecule has 0 radical (unpaired) electrons. The van der Waals surface area contributed by atoms with Gasteiger partial charge in [0.05, 0.1) is 0 Å². The second-order valence-corrected chi connectivity index (χ2v) is 7.06. The fraction of sp³-hybridized carbons (Fsp3) is 0.250. The summed E-state index contributed by atoms with van der Waals surface area (Å²) in [6.07, 6.45) is 5.01. The van der Waals surface area contributed by atoms with Crippen molar-refractivity contribution in [3.8, 4) is 0 Å². The predicted octanol–water partition coefficient (Wildman–Crippen LogP) is 4.57. The lowest BCUT2D eigenvalue weighted by Crippen LogP contribution is -1.85. The number of hydrogen-bond acceptors (Lipinski definition) is 0. The fourth-order valence-corrected chi connectivity index (χ4v) is 3.83. The van der Waals surface area contributed by atoms with E-state index in [1.165, 1.54) is 35.2 Å². The van der Waals surface area contributed by atoms with Crippen molar-refractivity contribution in [2.45, 2.75) is 18.9 Å². The molecular formula is C16H19BrSi. The molecule has 0 atom stereocenters. The van der Waals surface area contributed by atoms with Crippen LogP contribution in [0.25, 0.3) is 16.8 Å². The van der Waals surface area contributed by atoms with Crippen molar-refractivity contribution in [1.82, 2.24) is 0 Å². The largest absolute Gasteiger partial charge is 0.101 e. The van der Waals surface area contributed by atoms with Crippen molar-refractivity contribution in [2.75, 3.05) is 5.33 Å². The van der Waals surface area contributed by atoms with E-state index >= 15 is 0 Å².